The van der Waals surface area contributed by atoms with Crippen molar-refractivity contribution >= 4 is 11.6 Å². The number of piperazine rings is 1. The van der Waals surface area contributed by atoms with Crippen molar-refractivity contribution in [1.29, 1.82) is 0 Å². The topological polar surface area (TPSA) is 44.8 Å². The number of ether oxygens (including phenoxy) is 1. The lowest BCUT2D eigenvalue weighted by Crippen LogP contribution is -2.54. The van der Waals surface area contributed by atoms with E-state index in [0.29, 0.717) is 6.54 Å². The molecule has 5 heteroatoms. The monoisotopic (exact) mass is 345 g/mol. The van der Waals surface area contributed by atoms with Gasteiger partial charge in [-0.05, 0) is 56.9 Å². The summed E-state index contributed by atoms with van der Waals surface area (Å²) in [6.07, 6.45) is 2.37. The zero-order valence-electron chi connectivity index (χ0n) is 15.8. The summed E-state index contributed by atoms with van der Waals surface area (Å²) in [6, 6.07) is 6.58. The maximum atomic E-state index is 12.4. The fourth-order valence-electron chi connectivity index (χ4n) is 3.62. The Balaban J connectivity index is 1.47. The van der Waals surface area contributed by atoms with Gasteiger partial charge < -0.3 is 15.0 Å². The van der Waals surface area contributed by atoms with Crippen molar-refractivity contribution in [3.63, 3.8) is 0 Å². The Labute approximate surface area is 151 Å². The zero-order chi connectivity index (χ0) is 17.8. The standard InChI is InChI=1S/C20H31N3O2/c1-15-6-7-18(13-16(15)2)23-10-8-22(9-11-23)17(3)20(24)21-14-19-5-4-12-25-19/h6-7,13,17,19H,4-5,8-12,14H2,1-3H3,(H,21,24). The molecule has 2 aliphatic rings. The second kappa shape index (κ2) is 8.19. The van der Waals surface area contributed by atoms with Gasteiger partial charge in [0.2, 0.25) is 5.91 Å². The molecule has 1 aromatic carbocycles. The van der Waals surface area contributed by atoms with Crippen LogP contribution in [0.1, 0.15) is 30.9 Å². The Bertz CT molecular complexity index is 591. The van der Waals surface area contributed by atoms with Crippen LogP contribution in [0.25, 0.3) is 0 Å². The van der Waals surface area contributed by atoms with E-state index in [9.17, 15) is 4.79 Å². The summed E-state index contributed by atoms with van der Waals surface area (Å²) >= 11 is 0. The van der Waals surface area contributed by atoms with Crippen LogP contribution in [0, 0.1) is 13.8 Å². The summed E-state index contributed by atoms with van der Waals surface area (Å²) in [5, 5.41) is 3.06. The summed E-state index contributed by atoms with van der Waals surface area (Å²) < 4.78 is 5.57. The summed E-state index contributed by atoms with van der Waals surface area (Å²) in [7, 11) is 0. The smallest absolute Gasteiger partial charge is 0.237 e. The first-order chi connectivity index (χ1) is 12.0. The van der Waals surface area contributed by atoms with E-state index in [4.69, 9.17) is 4.74 Å². The molecule has 1 aromatic rings. The third-order valence-electron chi connectivity index (χ3n) is 5.63. The average Bonchev–Trinajstić information content (AvgIpc) is 3.15. The Morgan fingerprint density at radius 2 is 2.00 bits per heavy atom. The fourth-order valence-corrected chi connectivity index (χ4v) is 3.62. The van der Waals surface area contributed by atoms with Crippen molar-refractivity contribution < 1.29 is 9.53 Å². The number of amides is 1. The Kier molecular flexibility index (Phi) is 5.97. The highest BCUT2D eigenvalue weighted by atomic mass is 16.5. The van der Waals surface area contributed by atoms with Crippen molar-refractivity contribution in [2.45, 2.75) is 45.8 Å². The molecule has 2 aliphatic heterocycles. The Morgan fingerprint density at radius 1 is 1.24 bits per heavy atom. The maximum Gasteiger partial charge on any atom is 0.237 e. The van der Waals surface area contributed by atoms with E-state index in [1.54, 1.807) is 0 Å². The molecule has 0 bridgehead atoms. The second-order valence-corrected chi connectivity index (χ2v) is 7.35. The normalized spacial score (nSPS) is 22.8. The van der Waals surface area contributed by atoms with Crippen molar-refractivity contribution in [3.05, 3.63) is 29.3 Å². The molecule has 2 unspecified atom stereocenters. The van der Waals surface area contributed by atoms with E-state index >= 15 is 0 Å². The first kappa shape index (κ1) is 18.2. The number of hydrogen-bond acceptors (Lipinski definition) is 4. The number of anilines is 1. The quantitative estimate of drug-likeness (QED) is 0.888. The third kappa shape index (κ3) is 4.53. The molecule has 2 fully saturated rings. The molecule has 25 heavy (non-hydrogen) atoms. The van der Waals surface area contributed by atoms with Gasteiger partial charge in [-0.2, -0.15) is 0 Å². The molecule has 2 atom stereocenters. The predicted octanol–water partition coefficient (Wildman–Crippen LogP) is 2.11. The molecule has 0 radical (unpaired) electrons. The molecule has 0 saturated carbocycles. The lowest BCUT2D eigenvalue weighted by Gasteiger charge is -2.38. The van der Waals surface area contributed by atoms with Crippen LogP contribution in [0.3, 0.4) is 0 Å². The van der Waals surface area contributed by atoms with Gasteiger partial charge in [0.25, 0.3) is 0 Å². The first-order valence-electron chi connectivity index (χ1n) is 9.50. The minimum Gasteiger partial charge on any atom is -0.376 e. The van der Waals surface area contributed by atoms with Crippen LogP contribution in [0.2, 0.25) is 0 Å². The van der Waals surface area contributed by atoms with Gasteiger partial charge in [-0.25, -0.2) is 0 Å². The molecule has 0 aliphatic carbocycles. The molecule has 0 spiro atoms. The first-order valence-corrected chi connectivity index (χ1v) is 9.50. The highest BCUT2D eigenvalue weighted by Gasteiger charge is 2.26. The average molecular weight is 345 g/mol. The van der Waals surface area contributed by atoms with Gasteiger partial charge in [-0.3, -0.25) is 9.69 Å². The number of nitrogens with zero attached hydrogens (tertiary/aromatic N) is 2. The van der Waals surface area contributed by atoms with Gasteiger partial charge in [0.05, 0.1) is 12.1 Å². The summed E-state index contributed by atoms with van der Waals surface area (Å²) in [5.41, 5.74) is 3.96. The zero-order valence-corrected chi connectivity index (χ0v) is 15.8. The van der Waals surface area contributed by atoms with Gasteiger partial charge in [0, 0.05) is 45.0 Å². The minimum absolute atomic E-state index is 0.0803. The minimum atomic E-state index is -0.0803. The van der Waals surface area contributed by atoms with Crippen molar-refractivity contribution in [2.24, 2.45) is 0 Å². The van der Waals surface area contributed by atoms with E-state index in [-0.39, 0.29) is 18.1 Å². The highest BCUT2D eigenvalue weighted by Crippen LogP contribution is 2.21. The number of aryl methyl sites for hydroxylation is 2. The molecule has 2 heterocycles. The van der Waals surface area contributed by atoms with Crippen molar-refractivity contribution in [2.75, 3.05) is 44.2 Å². The number of hydrogen-bond donors (Lipinski definition) is 1. The van der Waals surface area contributed by atoms with E-state index in [1.165, 1.54) is 16.8 Å². The Hall–Kier alpha value is -1.59. The van der Waals surface area contributed by atoms with Crippen LogP contribution in [-0.4, -0.2) is 62.3 Å². The second-order valence-electron chi connectivity index (χ2n) is 7.35. The Morgan fingerprint density at radius 3 is 2.64 bits per heavy atom. The molecule has 138 valence electrons. The largest absolute Gasteiger partial charge is 0.376 e. The molecule has 5 nitrogen and oxygen atoms in total. The number of carbonyl (C=O) groups excluding carboxylic acids is 1. The molecular weight excluding hydrogens is 314 g/mol. The molecule has 1 amide bonds. The van der Waals surface area contributed by atoms with E-state index in [2.05, 4.69) is 47.2 Å². The van der Waals surface area contributed by atoms with Crippen molar-refractivity contribution in [3.8, 4) is 0 Å². The fraction of sp³-hybridized carbons (Fsp3) is 0.650. The summed E-state index contributed by atoms with van der Waals surface area (Å²) in [4.78, 5) is 17.1. The number of benzene rings is 1. The van der Waals surface area contributed by atoms with Crippen LogP contribution in [0.5, 0.6) is 0 Å². The molecule has 3 rings (SSSR count). The van der Waals surface area contributed by atoms with Gasteiger partial charge in [0.1, 0.15) is 0 Å². The van der Waals surface area contributed by atoms with Crippen LogP contribution in [0.15, 0.2) is 18.2 Å². The molecule has 1 N–H and O–H groups in total. The third-order valence-corrected chi connectivity index (χ3v) is 5.63. The molecular formula is C20H31N3O2. The molecule has 2 saturated heterocycles. The van der Waals surface area contributed by atoms with Crippen LogP contribution in [0.4, 0.5) is 5.69 Å². The lowest BCUT2D eigenvalue weighted by molar-refractivity contribution is -0.126. The number of carbonyl (C=O) groups is 1. The van der Waals surface area contributed by atoms with Gasteiger partial charge in [0.15, 0.2) is 0 Å². The summed E-state index contributed by atoms with van der Waals surface area (Å²) in [6.45, 7) is 11.6. The van der Waals surface area contributed by atoms with Gasteiger partial charge in [-0.1, -0.05) is 6.07 Å². The van der Waals surface area contributed by atoms with Crippen molar-refractivity contribution in [1.82, 2.24) is 10.2 Å². The van der Waals surface area contributed by atoms with Crippen LogP contribution in [-0.2, 0) is 9.53 Å². The van der Waals surface area contributed by atoms with Gasteiger partial charge >= 0.3 is 0 Å². The molecule has 0 aromatic heterocycles. The highest BCUT2D eigenvalue weighted by molar-refractivity contribution is 5.81. The van der Waals surface area contributed by atoms with Gasteiger partial charge in [-0.15, -0.1) is 0 Å². The SMILES string of the molecule is Cc1ccc(N2CCN(C(C)C(=O)NCC3CCCO3)CC2)cc1C. The van der Waals surface area contributed by atoms with Crippen LogP contribution < -0.4 is 10.2 Å². The van der Waals surface area contributed by atoms with E-state index in [0.717, 1.165) is 45.6 Å². The summed E-state index contributed by atoms with van der Waals surface area (Å²) in [5.74, 6) is 0.120. The number of nitrogens with one attached hydrogen (secondary N) is 1. The van der Waals surface area contributed by atoms with Crippen LogP contribution >= 0.6 is 0 Å². The lowest BCUT2D eigenvalue weighted by atomic mass is 10.1. The van der Waals surface area contributed by atoms with E-state index in [1.807, 2.05) is 6.92 Å². The predicted molar refractivity (Wildman–Crippen MR) is 101 cm³/mol. The van der Waals surface area contributed by atoms with E-state index < -0.39 is 0 Å². The maximum absolute atomic E-state index is 12.4. The number of rotatable bonds is 5.